The fourth-order valence-electron chi connectivity index (χ4n) is 2.22. The van der Waals surface area contributed by atoms with E-state index >= 15 is 0 Å². The first-order valence-electron chi connectivity index (χ1n) is 7.64. The standard InChI is InChI=1S/C17H13F3N4O3/c18-17(19,20)27-14-7-5-13(6-8-14)24-10-22-16(23-24)21-9-11-1-3-12(4-2-11)15(25)26/h1-8,10H,9H2,(H,21,23)(H,25,26). The molecule has 10 heteroatoms. The van der Waals surface area contributed by atoms with Crippen molar-refractivity contribution in [3.8, 4) is 11.4 Å². The van der Waals surface area contributed by atoms with E-state index in [9.17, 15) is 18.0 Å². The summed E-state index contributed by atoms with van der Waals surface area (Å²) in [5.41, 5.74) is 1.54. The number of alkyl halides is 3. The number of rotatable bonds is 6. The Morgan fingerprint density at radius 1 is 1.11 bits per heavy atom. The number of nitrogens with zero attached hydrogens (tertiary/aromatic N) is 3. The predicted molar refractivity (Wildman–Crippen MR) is 88.8 cm³/mol. The van der Waals surface area contributed by atoms with Crippen molar-refractivity contribution in [1.82, 2.24) is 14.8 Å². The summed E-state index contributed by atoms with van der Waals surface area (Å²) < 4.78 is 41.7. The number of carbonyl (C=O) groups is 1. The van der Waals surface area contributed by atoms with E-state index in [2.05, 4.69) is 20.1 Å². The van der Waals surface area contributed by atoms with Gasteiger partial charge in [-0.3, -0.25) is 0 Å². The molecule has 0 radical (unpaired) electrons. The molecule has 27 heavy (non-hydrogen) atoms. The summed E-state index contributed by atoms with van der Waals surface area (Å²) in [6.07, 6.45) is -3.33. The summed E-state index contributed by atoms with van der Waals surface area (Å²) in [6, 6.07) is 11.5. The Balaban J connectivity index is 1.62. The minimum Gasteiger partial charge on any atom is -0.478 e. The molecule has 2 aromatic carbocycles. The average molecular weight is 378 g/mol. The number of carboxylic acids is 1. The Hall–Kier alpha value is -3.56. The molecule has 0 aliphatic heterocycles. The number of hydrogen-bond donors (Lipinski definition) is 2. The maximum atomic E-state index is 12.2. The molecule has 0 spiro atoms. The van der Waals surface area contributed by atoms with Crippen LogP contribution in [0.15, 0.2) is 54.9 Å². The number of halogens is 3. The molecule has 0 unspecified atom stereocenters. The number of nitrogens with one attached hydrogen (secondary N) is 1. The van der Waals surface area contributed by atoms with Gasteiger partial charge in [-0.25, -0.2) is 14.5 Å². The predicted octanol–water partition coefficient (Wildman–Crippen LogP) is 3.48. The highest BCUT2D eigenvalue weighted by atomic mass is 19.4. The number of hydrogen-bond acceptors (Lipinski definition) is 5. The molecule has 7 nitrogen and oxygen atoms in total. The van der Waals surface area contributed by atoms with E-state index in [0.29, 0.717) is 18.2 Å². The van der Waals surface area contributed by atoms with Crippen LogP contribution >= 0.6 is 0 Å². The summed E-state index contributed by atoms with van der Waals surface area (Å²) in [5.74, 6) is -1.01. The zero-order valence-electron chi connectivity index (χ0n) is 13.6. The monoisotopic (exact) mass is 378 g/mol. The summed E-state index contributed by atoms with van der Waals surface area (Å²) in [7, 11) is 0. The minimum atomic E-state index is -4.74. The number of aromatic nitrogens is 3. The van der Waals surface area contributed by atoms with Gasteiger partial charge in [0.05, 0.1) is 11.3 Å². The molecule has 0 amide bonds. The van der Waals surface area contributed by atoms with E-state index < -0.39 is 12.3 Å². The summed E-state index contributed by atoms with van der Waals surface area (Å²) in [6.45, 7) is 0.377. The van der Waals surface area contributed by atoms with Gasteiger partial charge >= 0.3 is 12.3 Å². The highest BCUT2D eigenvalue weighted by molar-refractivity contribution is 5.87. The molecule has 0 fully saturated rings. The second-order valence-corrected chi connectivity index (χ2v) is 5.41. The molecule has 1 aromatic heterocycles. The van der Waals surface area contributed by atoms with Crippen molar-refractivity contribution in [2.75, 3.05) is 5.32 Å². The molecular formula is C17H13F3N4O3. The van der Waals surface area contributed by atoms with Crippen molar-refractivity contribution in [3.63, 3.8) is 0 Å². The Morgan fingerprint density at radius 2 is 1.78 bits per heavy atom. The minimum absolute atomic E-state index is 0.194. The zero-order chi connectivity index (χ0) is 19.4. The smallest absolute Gasteiger partial charge is 0.478 e. The SMILES string of the molecule is O=C(O)c1ccc(CNc2ncn(-c3ccc(OC(F)(F)F)cc3)n2)cc1. The molecule has 0 aliphatic rings. The van der Waals surface area contributed by atoms with Crippen molar-refractivity contribution < 1.29 is 27.8 Å². The van der Waals surface area contributed by atoms with Crippen LogP contribution in [0.3, 0.4) is 0 Å². The van der Waals surface area contributed by atoms with Gasteiger partial charge in [0.25, 0.3) is 0 Å². The third-order valence-electron chi connectivity index (χ3n) is 3.48. The zero-order valence-corrected chi connectivity index (χ0v) is 13.6. The van der Waals surface area contributed by atoms with Crippen LogP contribution in [0.2, 0.25) is 0 Å². The van der Waals surface area contributed by atoms with Crippen LogP contribution in [0, 0.1) is 0 Å². The van der Waals surface area contributed by atoms with Gasteiger partial charge in [0, 0.05) is 6.54 Å². The first kappa shape index (κ1) is 18.2. The molecular weight excluding hydrogens is 365 g/mol. The largest absolute Gasteiger partial charge is 0.573 e. The highest BCUT2D eigenvalue weighted by Gasteiger charge is 2.30. The molecule has 1 heterocycles. The van der Waals surface area contributed by atoms with Gasteiger partial charge in [-0.05, 0) is 42.0 Å². The number of anilines is 1. The van der Waals surface area contributed by atoms with E-state index in [1.165, 1.54) is 47.4 Å². The van der Waals surface area contributed by atoms with Crippen molar-refractivity contribution >= 4 is 11.9 Å². The third kappa shape index (κ3) is 4.97. The Morgan fingerprint density at radius 3 is 2.37 bits per heavy atom. The third-order valence-corrected chi connectivity index (χ3v) is 3.48. The second-order valence-electron chi connectivity index (χ2n) is 5.41. The van der Waals surface area contributed by atoms with Crippen LogP contribution in [0.5, 0.6) is 5.75 Å². The van der Waals surface area contributed by atoms with E-state index in [1.54, 1.807) is 12.1 Å². The van der Waals surface area contributed by atoms with Crippen LogP contribution < -0.4 is 10.1 Å². The number of carboxylic acid groups (broad SMARTS) is 1. The van der Waals surface area contributed by atoms with Crippen LogP contribution in [-0.4, -0.2) is 32.2 Å². The Labute approximate surface area is 151 Å². The molecule has 3 rings (SSSR count). The summed E-state index contributed by atoms with van der Waals surface area (Å²) in [4.78, 5) is 14.9. The maximum Gasteiger partial charge on any atom is 0.573 e. The summed E-state index contributed by atoms with van der Waals surface area (Å²) in [5, 5.41) is 16.0. The topological polar surface area (TPSA) is 89.3 Å². The van der Waals surface area contributed by atoms with Gasteiger partial charge in [-0.1, -0.05) is 12.1 Å². The molecule has 3 aromatic rings. The molecule has 140 valence electrons. The van der Waals surface area contributed by atoms with Crippen molar-refractivity contribution in [1.29, 1.82) is 0 Å². The van der Waals surface area contributed by atoms with Crippen LogP contribution in [0.25, 0.3) is 5.69 Å². The quantitative estimate of drug-likeness (QED) is 0.683. The molecule has 0 bridgehead atoms. The van der Waals surface area contributed by atoms with Gasteiger partial charge in [0.1, 0.15) is 12.1 Å². The molecule has 0 atom stereocenters. The van der Waals surface area contributed by atoms with Gasteiger partial charge < -0.3 is 15.2 Å². The Bertz CT molecular complexity index is 922. The summed E-state index contributed by atoms with van der Waals surface area (Å²) >= 11 is 0. The fourth-order valence-corrected chi connectivity index (χ4v) is 2.22. The molecule has 0 saturated carbocycles. The number of ether oxygens (including phenoxy) is 1. The average Bonchev–Trinajstić information content (AvgIpc) is 3.08. The normalized spacial score (nSPS) is 11.2. The fraction of sp³-hybridized carbons (Fsp3) is 0.118. The molecule has 2 N–H and O–H groups in total. The van der Waals surface area contributed by atoms with Gasteiger partial charge in [0.15, 0.2) is 0 Å². The van der Waals surface area contributed by atoms with Crippen molar-refractivity contribution in [2.24, 2.45) is 0 Å². The van der Waals surface area contributed by atoms with E-state index in [-0.39, 0.29) is 11.3 Å². The highest BCUT2D eigenvalue weighted by Crippen LogP contribution is 2.23. The van der Waals surface area contributed by atoms with Crippen LogP contribution in [-0.2, 0) is 6.54 Å². The van der Waals surface area contributed by atoms with Crippen LogP contribution in [0.4, 0.5) is 19.1 Å². The van der Waals surface area contributed by atoms with Crippen LogP contribution in [0.1, 0.15) is 15.9 Å². The first-order valence-corrected chi connectivity index (χ1v) is 7.64. The van der Waals surface area contributed by atoms with E-state index in [0.717, 1.165) is 5.56 Å². The van der Waals surface area contributed by atoms with Crippen molar-refractivity contribution in [2.45, 2.75) is 12.9 Å². The van der Waals surface area contributed by atoms with E-state index in [4.69, 9.17) is 5.11 Å². The number of benzene rings is 2. The lowest BCUT2D eigenvalue weighted by atomic mass is 10.1. The first-order chi connectivity index (χ1) is 12.8. The van der Waals surface area contributed by atoms with Gasteiger partial charge in [-0.2, -0.15) is 0 Å². The molecule has 0 aliphatic carbocycles. The number of aromatic carboxylic acids is 1. The van der Waals surface area contributed by atoms with E-state index in [1.807, 2.05) is 0 Å². The van der Waals surface area contributed by atoms with Crippen molar-refractivity contribution in [3.05, 3.63) is 66.0 Å². The van der Waals surface area contributed by atoms with Gasteiger partial charge in [0.2, 0.25) is 5.95 Å². The molecule has 0 saturated heterocycles. The van der Waals surface area contributed by atoms with Gasteiger partial charge in [-0.15, -0.1) is 18.3 Å². The lowest BCUT2D eigenvalue weighted by Gasteiger charge is -2.09. The lowest BCUT2D eigenvalue weighted by Crippen LogP contribution is -2.17. The maximum absolute atomic E-state index is 12.2. The lowest BCUT2D eigenvalue weighted by molar-refractivity contribution is -0.274. The second kappa shape index (κ2) is 7.36. The Kier molecular flexibility index (Phi) is 4.97.